The average Bonchev–Trinajstić information content (AvgIpc) is 0.802. The molecule has 0 saturated carbocycles. The first-order valence-corrected chi connectivity index (χ1v) is 33.6. The van der Waals surface area contributed by atoms with Crippen molar-refractivity contribution in [2.24, 2.45) is 0 Å². The molecule has 3 aromatic rings. The predicted molar refractivity (Wildman–Crippen MR) is 337 cm³/mol. The van der Waals surface area contributed by atoms with Crippen LogP contribution >= 0.6 is 0 Å². The Hall–Kier alpha value is -8.00. The molecule has 0 aliphatic carbocycles. The third-order valence-electron chi connectivity index (χ3n) is 14.7. The monoisotopic (exact) mass is 1360 g/mol. The van der Waals surface area contributed by atoms with Gasteiger partial charge in [-0.15, -0.1) is 0 Å². The Morgan fingerprint density at radius 3 is 1.76 bits per heavy atom. The molecule has 2 aliphatic heterocycles. The van der Waals surface area contributed by atoms with Crippen molar-refractivity contribution in [1.29, 1.82) is 0 Å². The minimum Gasteiger partial charge on any atom is -0.494 e. The zero-order valence-corrected chi connectivity index (χ0v) is 54.2. The summed E-state index contributed by atoms with van der Waals surface area (Å²) < 4.78 is 79.2. The number of pyridine rings is 1. The second-order valence-electron chi connectivity index (χ2n) is 22.4. The number of amides is 5. The maximum Gasteiger partial charge on any atom is 0.323 e. The molecule has 33 nitrogen and oxygen atoms in total. The first-order chi connectivity index (χ1) is 44.6. The summed E-state index contributed by atoms with van der Waals surface area (Å²) in [7, 11) is -9.23. The number of ether oxygens (including phenoxy) is 3. The number of anilines is 1. The number of aliphatic carboxylic acids is 4. The molecule has 1 saturated heterocycles. The molecule has 35 heteroatoms. The van der Waals surface area contributed by atoms with E-state index in [1.807, 2.05) is 6.07 Å². The molecule has 520 valence electrons. The number of sulfonamides is 1. The third-order valence-corrected chi connectivity index (χ3v) is 17.3. The summed E-state index contributed by atoms with van der Waals surface area (Å²) >= 11 is 0. The minimum atomic E-state index is -4.81. The number of nitrogens with one attached hydrogen (secondary N) is 7. The fourth-order valence-corrected chi connectivity index (χ4v) is 12.4. The number of rotatable bonds is 38. The SMILES string of the molecule is Cc1cc(OCCCC(=O)NCCNC(=O)COCCOCCNC(=O)[C@H](CS(=O)(=O)O)NC(=O)CN2CCN(CC(=O)O)CCN(CC(=O)O)CCN(CC(=O)O)CC2)cc(C)c1S(=O)(=O)NC(CNC(=O)c1ccc(CCc2ccc3c(n2)NCCC3)cc1)C(=O)O. The number of aryl methyl sites for hydroxylation is 5. The summed E-state index contributed by atoms with van der Waals surface area (Å²) in [4.78, 5) is 122. The average molecular weight is 1360 g/mol. The number of fused-ring (bicyclic) bond motifs is 1. The van der Waals surface area contributed by atoms with E-state index in [0.717, 1.165) is 36.5 Å². The highest BCUT2D eigenvalue weighted by atomic mass is 32.2. The van der Waals surface area contributed by atoms with E-state index in [1.54, 1.807) is 34.1 Å². The molecular formula is C59H86N12O21S2. The summed E-state index contributed by atoms with van der Waals surface area (Å²) in [5, 5.41) is 54.1. The largest absolute Gasteiger partial charge is 0.494 e. The van der Waals surface area contributed by atoms with E-state index in [0.29, 0.717) is 18.6 Å². The van der Waals surface area contributed by atoms with Gasteiger partial charge in [0.25, 0.3) is 16.0 Å². The molecule has 1 aromatic heterocycles. The van der Waals surface area contributed by atoms with Crippen molar-refractivity contribution in [3.8, 4) is 5.75 Å². The van der Waals surface area contributed by atoms with Crippen LogP contribution in [0.15, 0.2) is 53.4 Å². The Bertz CT molecular complexity index is 3250. The van der Waals surface area contributed by atoms with Crippen LogP contribution in [0.3, 0.4) is 0 Å². The van der Waals surface area contributed by atoms with Gasteiger partial charge in [0.2, 0.25) is 33.7 Å². The van der Waals surface area contributed by atoms with Crippen molar-refractivity contribution in [1.82, 2.24) is 55.9 Å². The van der Waals surface area contributed by atoms with Gasteiger partial charge in [-0.1, -0.05) is 18.2 Å². The predicted octanol–water partition coefficient (Wildman–Crippen LogP) is -2.61. The first-order valence-electron chi connectivity index (χ1n) is 30.5. The van der Waals surface area contributed by atoms with Crippen LogP contribution in [0.2, 0.25) is 0 Å². The highest BCUT2D eigenvalue weighted by molar-refractivity contribution is 7.89. The number of nitrogens with zero attached hydrogens (tertiary/aromatic N) is 5. The van der Waals surface area contributed by atoms with Crippen molar-refractivity contribution in [2.75, 3.05) is 155 Å². The van der Waals surface area contributed by atoms with E-state index in [9.17, 15) is 85.0 Å². The number of carbonyl (C=O) groups excluding carboxylic acids is 5. The number of carboxylic acid groups (broad SMARTS) is 4. The summed E-state index contributed by atoms with van der Waals surface area (Å²) in [6, 6.07) is 10.4. The highest BCUT2D eigenvalue weighted by Crippen LogP contribution is 2.27. The van der Waals surface area contributed by atoms with Gasteiger partial charge in [0.1, 0.15) is 36.0 Å². The molecule has 12 N–H and O–H groups in total. The molecule has 2 aromatic carbocycles. The number of carbonyl (C=O) groups is 9. The first kappa shape index (κ1) is 76.7. The van der Waals surface area contributed by atoms with Crippen molar-refractivity contribution >= 4 is 79.4 Å². The maximum absolute atomic E-state index is 13.6. The van der Waals surface area contributed by atoms with Gasteiger partial charge in [-0.25, -0.2) is 13.4 Å². The van der Waals surface area contributed by atoms with Crippen LogP contribution in [0.1, 0.15) is 57.6 Å². The molecule has 0 spiro atoms. The van der Waals surface area contributed by atoms with E-state index in [1.165, 1.54) is 41.3 Å². The molecule has 0 radical (unpaired) electrons. The van der Waals surface area contributed by atoms with Crippen molar-refractivity contribution < 1.29 is 99.2 Å². The van der Waals surface area contributed by atoms with E-state index >= 15 is 0 Å². The zero-order valence-electron chi connectivity index (χ0n) is 52.6. The number of hydrogen-bond acceptors (Lipinski definition) is 22. The van der Waals surface area contributed by atoms with E-state index in [4.69, 9.17) is 19.2 Å². The highest BCUT2D eigenvalue weighted by Gasteiger charge is 2.31. The molecule has 1 fully saturated rings. The van der Waals surface area contributed by atoms with Crippen LogP contribution in [0.5, 0.6) is 5.75 Å². The molecule has 5 amide bonds. The summed E-state index contributed by atoms with van der Waals surface area (Å²) in [5.41, 5.74) is 3.91. The third kappa shape index (κ3) is 29.1. The van der Waals surface area contributed by atoms with Gasteiger partial charge in [-0.3, -0.25) is 67.3 Å². The van der Waals surface area contributed by atoms with Gasteiger partial charge in [-0.2, -0.15) is 13.1 Å². The van der Waals surface area contributed by atoms with Gasteiger partial charge in [0.05, 0.1) is 57.5 Å². The number of carboxylic acids is 4. The lowest BCUT2D eigenvalue weighted by Gasteiger charge is -2.33. The van der Waals surface area contributed by atoms with Crippen LogP contribution in [-0.2, 0) is 87.2 Å². The summed E-state index contributed by atoms with van der Waals surface area (Å²) in [6.45, 7) is 2.13. The summed E-state index contributed by atoms with van der Waals surface area (Å²) in [5.74, 6) is -8.12. The molecule has 2 atom stereocenters. The zero-order chi connectivity index (χ0) is 68.8. The molecule has 1 unspecified atom stereocenters. The van der Waals surface area contributed by atoms with E-state index < -0.39 is 112 Å². The number of hydrogen-bond donors (Lipinski definition) is 12. The van der Waals surface area contributed by atoms with Gasteiger partial charge in [0.15, 0.2) is 0 Å². The molecule has 0 bridgehead atoms. The molecule has 5 rings (SSSR count). The normalized spacial score (nSPS) is 15.3. The number of benzene rings is 2. The van der Waals surface area contributed by atoms with E-state index in [-0.39, 0.29) is 152 Å². The Labute approximate surface area is 544 Å². The molecule has 2 aliphatic rings. The maximum atomic E-state index is 13.6. The minimum absolute atomic E-state index is 0.0347. The van der Waals surface area contributed by atoms with Crippen molar-refractivity contribution in [3.63, 3.8) is 0 Å². The van der Waals surface area contributed by atoms with Crippen molar-refractivity contribution in [3.05, 3.63) is 82.0 Å². The Kier molecular flexibility index (Phi) is 31.8. The van der Waals surface area contributed by atoms with Crippen LogP contribution in [0, 0.1) is 13.8 Å². The fourth-order valence-electron chi connectivity index (χ4n) is 10.1. The van der Waals surface area contributed by atoms with Gasteiger partial charge in [-0.05, 0) is 98.5 Å². The van der Waals surface area contributed by atoms with Crippen molar-refractivity contribution in [2.45, 2.75) is 69.4 Å². The lowest BCUT2D eigenvalue weighted by atomic mass is 10.0. The smallest absolute Gasteiger partial charge is 0.323 e. The quantitative estimate of drug-likeness (QED) is 0.0207. The van der Waals surface area contributed by atoms with Crippen LogP contribution in [0.4, 0.5) is 5.82 Å². The number of aromatic nitrogens is 1. The molecule has 94 heavy (non-hydrogen) atoms. The Morgan fingerprint density at radius 1 is 0.628 bits per heavy atom. The molecule has 3 heterocycles. The van der Waals surface area contributed by atoms with Gasteiger partial charge < -0.3 is 66.5 Å². The van der Waals surface area contributed by atoms with Gasteiger partial charge in [0, 0.05) is 103 Å². The Morgan fingerprint density at radius 2 is 1.19 bits per heavy atom. The summed E-state index contributed by atoms with van der Waals surface area (Å²) in [6.07, 6.45) is 3.78. The van der Waals surface area contributed by atoms with Gasteiger partial charge >= 0.3 is 23.9 Å². The topological polar surface area (TPSA) is 461 Å². The van der Waals surface area contributed by atoms with Crippen LogP contribution in [-0.4, -0.2) is 282 Å². The van der Waals surface area contributed by atoms with Crippen LogP contribution in [0.25, 0.3) is 0 Å². The van der Waals surface area contributed by atoms with Crippen LogP contribution < -0.4 is 41.4 Å². The molecular weight excluding hydrogens is 1280 g/mol. The Balaban J connectivity index is 0.931. The standard InChI is InChI=1S/C59H86N12O21S2/c1-40-31-46(32-41(2)55(40)94(88,89)67-47(59(83)84)33-64-57(81)44-10-7-42(8-11-44)9-13-45-14-12-43-5-3-15-62-56(43)65-45)92-27-4-6-49(72)60-16-17-61-51(74)38-91-30-29-90-28-18-63-58(82)48(39-93(85,86)87)66-50(73)34-68-19-21-69(35-52(75)76)23-25-71(37-54(79)80)26-24-70(22-20-68)36-53(77)78/h7-8,10-12,14,31-32,47-48,67H,3-6,9,13,15-30,33-39H2,1-2H3,(H,60,72)(H,61,74)(H,62,65)(H,63,82)(H,64,81)(H,66,73)(H,75,76)(H,77,78)(H,79,80)(H,83,84)(H,85,86,87)/t47?,48-/m0/s1. The second-order valence-corrected chi connectivity index (χ2v) is 25.6. The second kappa shape index (κ2) is 39.0. The van der Waals surface area contributed by atoms with E-state index in [2.05, 4.69) is 42.7 Å². The fraction of sp³-hybridized carbons (Fsp3) is 0.559. The lowest BCUT2D eigenvalue weighted by molar-refractivity contribution is -0.140. The lowest BCUT2D eigenvalue weighted by Crippen LogP contribution is -2.54.